The van der Waals surface area contributed by atoms with Gasteiger partial charge in [-0.2, -0.15) is 0 Å². The van der Waals surface area contributed by atoms with Gasteiger partial charge in [-0.3, -0.25) is 4.79 Å². The van der Waals surface area contributed by atoms with Gasteiger partial charge in [0.25, 0.3) is 0 Å². The van der Waals surface area contributed by atoms with Gasteiger partial charge in [0.15, 0.2) is 0 Å². The van der Waals surface area contributed by atoms with Gasteiger partial charge in [0.1, 0.15) is 6.61 Å². The normalized spacial score (nSPS) is 8.67. The third-order valence-electron chi connectivity index (χ3n) is 1.03. The van der Waals surface area contributed by atoms with E-state index in [0.717, 1.165) is 0 Å². The first kappa shape index (κ1) is 21.0. The van der Waals surface area contributed by atoms with Crippen LogP contribution in [-0.2, 0) is 9.53 Å². The number of carbonyl (C=O) groups is 1. The molecule has 15 heavy (non-hydrogen) atoms. The number of rotatable bonds is 5. The average Bonchev–Trinajstić information content (AvgIpc) is 2.14. The van der Waals surface area contributed by atoms with E-state index < -0.39 is 0 Å². The van der Waals surface area contributed by atoms with E-state index in [1.165, 1.54) is 0 Å². The van der Waals surface area contributed by atoms with Crippen LogP contribution in [0.3, 0.4) is 0 Å². The van der Waals surface area contributed by atoms with Gasteiger partial charge in [-0.15, -0.1) is 0 Å². The van der Waals surface area contributed by atoms with Crippen molar-refractivity contribution < 1.29 is 24.9 Å². The Morgan fingerprint density at radius 2 is 1.60 bits per heavy atom. The third kappa shape index (κ3) is 25.2. The maximum absolute atomic E-state index is 10.7. The molecular weight excluding hydrogens is 228 g/mol. The molecule has 90 valence electrons. The van der Waals surface area contributed by atoms with Crippen LogP contribution in [0.1, 0.15) is 20.3 Å². The summed E-state index contributed by atoms with van der Waals surface area (Å²) in [5.41, 5.74) is 0. The first-order valence-corrected chi connectivity index (χ1v) is 4.56. The minimum absolute atomic E-state index is 0. The first-order valence-electron chi connectivity index (χ1n) is 4.56. The van der Waals surface area contributed by atoms with Crippen LogP contribution >= 0.6 is 0 Å². The van der Waals surface area contributed by atoms with Crippen LogP contribution in [-0.4, -0.2) is 85.5 Å². The summed E-state index contributed by atoms with van der Waals surface area (Å²) in [5.74, 6) is 0.0928. The predicted molar refractivity (Wildman–Crippen MR) is 60.2 cm³/mol. The van der Waals surface area contributed by atoms with E-state index in [1.807, 2.05) is 13.8 Å². The van der Waals surface area contributed by atoms with E-state index in [0.29, 0.717) is 12.3 Å². The Labute approximate surface area is 120 Å². The van der Waals surface area contributed by atoms with Crippen LogP contribution in [0.5, 0.6) is 0 Å². The number of ether oxygens (including phenoxy) is 1. The van der Waals surface area contributed by atoms with Crippen molar-refractivity contribution in [2.24, 2.45) is 5.92 Å². The Morgan fingerprint density at radius 3 is 1.87 bits per heavy atom. The molecule has 0 fully saturated rings. The van der Waals surface area contributed by atoms with Gasteiger partial charge in [0, 0.05) is 6.42 Å². The van der Waals surface area contributed by atoms with Crippen LogP contribution in [0.2, 0.25) is 0 Å². The number of aliphatic hydroxyl groups excluding tert-OH is 3. The van der Waals surface area contributed by atoms with Crippen molar-refractivity contribution in [2.75, 3.05) is 26.4 Å². The van der Waals surface area contributed by atoms with Gasteiger partial charge in [0.2, 0.25) is 0 Å². The molecular formula is C9H22CaO5. The van der Waals surface area contributed by atoms with Gasteiger partial charge in [-0.25, -0.2) is 0 Å². The second-order valence-corrected chi connectivity index (χ2v) is 2.99. The molecule has 0 rings (SSSR count). The SMILES string of the molecule is CC(C)CC(=O)OCCO.OCCO.[CaH2]. The standard InChI is InChI=1S/C7H14O3.C2H6O2.Ca.2H/c1-6(2)5-7(9)10-4-3-8;3-1-2-4;;;/h6,8H,3-5H2,1-2H3;3-4H,1-2H2;;;. The Kier molecular flexibility index (Phi) is 23.8. The van der Waals surface area contributed by atoms with Gasteiger partial charge < -0.3 is 20.1 Å². The topological polar surface area (TPSA) is 87.0 Å². The molecule has 0 saturated heterocycles. The van der Waals surface area contributed by atoms with Crippen LogP contribution < -0.4 is 0 Å². The van der Waals surface area contributed by atoms with Crippen LogP contribution in [0, 0.1) is 5.92 Å². The van der Waals surface area contributed by atoms with Crippen molar-refractivity contribution in [3.8, 4) is 0 Å². The molecule has 5 nitrogen and oxygen atoms in total. The summed E-state index contributed by atoms with van der Waals surface area (Å²) in [6, 6.07) is 0. The summed E-state index contributed by atoms with van der Waals surface area (Å²) in [5, 5.41) is 23.5. The number of hydrogen-bond acceptors (Lipinski definition) is 5. The summed E-state index contributed by atoms with van der Waals surface area (Å²) in [6.07, 6.45) is 0.431. The Balaban J connectivity index is -0.000000249. The maximum atomic E-state index is 10.7. The molecule has 0 heterocycles. The monoisotopic (exact) mass is 250 g/mol. The summed E-state index contributed by atoms with van der Waals surface area (Å²) in [7, 11) is 0. The quantitative estimate of drug-likeness (QED) is 0.414. The van der Waals surface area contributed by atoms with Crippen molar-refractivity contribution in [2.45, 2.75) is 20.3 Å². The molecule has 0 radical (unpaired) electrons. The molecule has 3 N–H and O–H groups in total. The van der Waals surface area contributed by atoms with E-state index in [2.05, 4.69) is 4.74 Å². The zero-order valence-corrected chi connectivity index (χ0v) is 8.77. The molecule has 0 unspecified atom stereocenters. The van der Waals surface area contributed by atoms with Gasteiger partial charge in [-0.1, -0.05) is 13.8 Å². The Bertz CT molecular complexity index is 128. The average molecular weight is 250 g/mol. The fourth-order valence-corrected chi connectivity index (χ4v) is 0.552. The summed E-state index contributed by atoms with van der Waals surface area (Å²) in [6.45, 7) is 3.66. The van der Waals surface area contributed by atoms with Gasteiger partial charge in [-0.05, 0) is 5.92 Å². The van der Waals surface area contributed by atoms with Gasteiger partial charge >= 0.3 is 43.7 Å². The van der Waals surface area contributed by atoms with Crippen molar-refractivity contribution in [3.05, 3.63) is 0 Å². The van der Waals surface area contributed by atoms with E-state index in [4.69, 9.17) is 15.3 Å². The second kappa shape index (κ2) is 17.0. The number of carbonyl (C=O) groups excluding carboxylic acids is 1. The number of esters is 1. The fraction of sp³-hybridized carbons (Fsp3) is 0.889. The van der Waals surface area contributed by atoms with E-state index in [9.17, 15) is 4.79 Å². The predicted octanol–water partition coefficient (Wildman–Crippen LogP) is -1.38. The number of aliphatic hydroxyl groups is 3. The van der Waals surface area contributed by atoms with Crippen molar-refractivity contribution in [1.82, 2.24) is 0 Å². The molecule has 0 aromatic heterocycles. The summed E-state index contributed by atoms with van der Waals surface area (Å²) < 4.78 is 4.61. The molecule has 6 heteroatoms. The Morgan fingerprint density at radius 1 is 1.13 bits per heavy atom. The van der Waals surface area contributed by atoms with Crippen LogP contribution in [0.4, 0.5) is 0 Å². The summed E-state index contributed by atoms with van der Waals surface area (Å²) >= 11 is 0. The zero-order chi connectivity index (χ0) is 11.4. The van der Waals surface area contributed by atoms with Crippen molar-refractivity contribution >= 4 is 43.7 Å². The van der Waals surface area contributed by atoms with Gasteiger partial charge in [0.05, 0.1) is 19.8 Å². The fourth-order valence-electron chi connectivity index (χ4n) is 0.552. The second-order valence-electron chi connectivity index (χ2n) is 2.99. The molecule has 0 aromatic rings. The van der Waals surface area contributed by atoms with Crippen LogP contribution in [0.25, 0.3) is 0 Å². The Hall–Kier alpha value is 0.610. The van der Waals surface area contributed by atoms with Crippen molar-refractivity contribution in [3.63, 3.8) is 0 Å². The van der Waals surface area contributed by atoms with E-state index in [-0.39, 0.29) is 70.1 Å². The first-order chi connectivity index (χ1) is 6.58. The molecule has 0 bridgehead atoms. The molecule has 0 aliphatic rings. The number of hydrogen-bond donors (Lipinski definition) is 3. The third-order valence-corrected chi connectivity index (χ3v) is 1.03. The minimum atomic E-state index is -0.232. The zero-order valence-electron chi connectivity index (χ0n) is 8.77. The van der Waals surface area contributed by atoms with Crippen molar-refractivity contribution in [1.29, 1.82) is 0 Å². The molecule has 0 atom stereocenters. The molecule has 0 aliphatic heterocycles. The molecule has 0 aliphatic carbocycles. The summed E-state index contributed by atoms with van der Waals surface area (Å²) in [4.78, 5) is 10.7. The molecule has 0 amide bonds. The van der Waals surface area contributed by atoms with E-state index in [1.54, 1.807) is 0 Å². The molecule has 0 aromatic carbocycles. The van der Waals surface area contributed by atoms with E-state index >= 15 is 0 Å². The molecule has 0 spiro atoms. The van der Waals surface area contributed by atoms with Crippen LogP contribution in [0.15, 0.2) is 0 Å². The molecule has 0 saturated carbocycles.